The molecule has 1 aliphatic heterocycles. The number of phenolic OH excluding ortho intramolecular Hbond substituents is 1. The quantitative estimate of drug-likeness (QED) is 0.532. The normalized spacial score (nSPS) is 14.7. The molecule has 6 heteroatoms. The molecular formula is C24H18N2O4. The zero-order valence-corrected chi connectivity index (χ0v) is 16.1. The zero-order valence-electron chi connectivity index (χ0n) is 16.1. The van der Waals surface area contributed by atoms with Gasteiger partial charge in [0.15, 0.2) is 0 Å². The number of phenols is 1. The van der Waals surface area contributed by atoms with Crippen molar-refractivity contribution in [1.29, 1.82) is 0 Å². The lowest BCUT2D eigenvalue weighted by Gasteiger charge is -2.18. The van der Waals surface area contributed by atoms with Crippen LogP contribution < -0.4 is 4.90 Å². The van der Waals surface area contributed by atoms with Crippen LogP contribution in [0, 0.1) is 0 Å². The van der Waals surface area contributed by atoms with Gasteiger partial charge in [-0.15, -0.1) is 0 Å². The van der Waals surface area contributed by atoms with E-state index < -0.39 is 5.97 Å². The Labute approximate surface area is 173 Å². The van der Waals surface area contributed by atoms with E-state index in [0.29, 0.717) is 17.1 Å². The Bertz CT molecular complexity index is 1150. The maximum atomic E-state index is 13.2. The number of benzene rings is 3. The van der Waals surface area contributed by atoms with Gasteiger partial charge >= 0.3 is 5.97 Å². The van der Waals surface area contributed by atoms with Crippen LogP contribution in [0.15, 0.2) is 89.6 Å². The molecule has 0 saturated heterocycles. The van der Waals surface area contributed by atoms with Crippen molar-refractivity contribution in [3.05, 3.63) is 101 Å². The van der Waals surface area contributed by atoms with Crippen LogP contribution >= 0.6 is 0 Å². The molecule has 3 aromatic carbocycles. The summed E-state index contributed by atoms with van der Waals surface area (Å²) < 4.78 is 4.71. The van der Waals surface area contributed by atoms with E-state index in [1.54, 1.807) is 42.5 Å². The van der Waals surface area contributed by atoms with Gasteiger partial charge in [0.05, 0.1) is 18.4 Å². The SMILES string of the molecule is COC(=O)c1ccc(/C=C2/N=C(c3ccccc3)N(c3ccc(O)cc3)C2=O)cc1. The molecule has 4 rings (SSSR count). The third-order valence-electron chi connectivity index (χ3n) is 4.64. The number of amides is 1. The van der Waals surface area contributed by atoms with Crippen molar-refractivity contribution in [2.45, 2.75) is 0 Å². The van der Waals surface area contributed by atoms with Gasteiger partial charge < -0.3 is 9.84 Å². The Kier molecular flexibility index (Phi) is 5.13. The number of methoxy groups -OCH3 is 1. The van der Waals surface area contributed by atoms with Gasteiger partial charge in [0.1, 0.15) is 17.3 Å². The molecule has 6 nitrogen and oxygen atoms in total. The van der Waals surface area contributed by atoms with Crippen LogP contribution in [-0.2, 0) is 9.53 Å². The average molecular weight is 398 g/mol. The number of carbonyl (C=O) groups is 2. The molecule has 1 aliphatic rings. The Hall–Kier alpha value is -4.19. The van der Waals surface area contributed by atoms with Gasteiger partial charge in [-0.2, -0.15) is 0 Å². The van der Waals surface area contributed by atoms with E-state index in [4.69, 9.17) is 4.74 Å². The molecular weight excluding hydrogens is 380 g/mol. The fraction of sp³-hybridized carbons (Fsp3) is 0.0417. The van der Waals surface area contributed by atoms with Crippen LogP contribution in [0.2, 0.25) is 0 Å². The van der Waals surface area contributed by atoms with Gasteiger partial charge in [0.2, 0.25) is 0 Å². The minimum Gasteiger partial charge on any atom is -0.508 e. The van der Waals surface area contributed by atoms with E-state index in [1.807, 2.05) is 30.3 Å². The third-order valence-corrected chi connectivity index (χ3v) is 4.64. The molecule has 0 atom stereocenters. The van der Waals surface area contributed by atoms with Crippen molar-refractivity contribution in [1.82, 2.24) is 0 Å². The largest absolute Gasteiger partial charge is 0.508 e. The predicted molar refractivity (Wildman–Crippen MR) is 114 cm³/mol. The number of rotatable bonds is 4. The van der Waals surface area contributed by atoms with E-state index in [2.05, 4.69) is 4.99 Å². The number of amidine groups is 1. The fourth-order valence-electron chi connectivity index (χ4n) is 3.13. The van der Waals surface area contributed by atoms with E-state index in [0.717, 1.165) is 11.1 Å². The van der Waals surface area contributed by atoms with E-state index in [-0.39, 0.29) is 17.4 Å². The van der Waals surface area contributed by atoms with Gasteiger partial charge in [-0.1, -0.05) is 42.5 Å². The van der Waals surface area contributed by atoms with Crippen molar-refractivity contribution in [3.63, 3.8) is 0 Å². The molecule has 0 fully saturated rings. The summed E-state index contributed by atoms with van der Waals surface area (Å²) in [6.07, 6.45) is 1.67. The molecule has 1 N–H and O–H groups in total. The first-order chi connectivity index (χ1) is 14.6. The predicted octanol–water partition coefficient (Wildman–Crippen LogP) is 4.01. The summed E-state index contributed by atoms with van der Waals surface area (Å²) in [7, 11) is 1.33. The summed E-state index contributed by atoms with van der Waals surface area (Å²) in [4.78, 5) is 30.9. The van der Waals surface area contributed by atoms with Crippen LogP contribution in [0.25, 0.3) is 6.08 Å². The number of anilines is 1. The van der Waals surface area contributed by atoms with Gasteiger partial charge in [-0.3, -0.25) is 9.69 Å². The van der Waals surface area contributed by atoms with Crippen molar-refractivity contribution in [2.75, 3.05) is 12.0 Å². The zero-order chi connectivity index (χ0) is 21.1. The van der Waals surface area contributed by atoms with Gasteiger partial charge in [0.25, 0.3) is 5.91 Å². The summed E-state index contributed by atoms with van der Waals surface area (Å²) in [6.45, 7) is 0. The molecule has 0 radical (unpaired) electrons. The first-order valence-corrected chi connectivity index (χ1v) is 9.24. The highest BCUT2D eigenvalue weighted by molar-refractivity contribution is 6.33. The van der Waals surface area contributed by atoms with E-state index in [1.165, 1.54) is 24.1 Å². The Balaban J connectivity index is 1.74. The molecule has 0 spiro atoms. The third kappa shape index (κ3) is 3.71. The van der Waals surface area contributed by atoms with Crippen LogP contribution in [0.5, 0.6) is 5.75 Å². The molecule has 0 unspecified atom stereocenters. The molecule has 0 aliphatic carbocycles. The van der Waals surface area contributed by atoms with Gasteiger partial charge in [-0.25, -0.2) is 9.79 Å². The first kappa shape index (κ1) is 19.1. The van der Waals surface area contributed by atoms with Crippen LogP contribution in [-0.4, -0.2) is 29.9 Å². The van der Waals surface area contributed by atoms with E-state index >= 15 is 0 Å². The maximum Gasteiger partial charge on any atom is 0.337 e. The van der Waals surface area contributed by atoms with Crippen LogP contribution in [0.4, 0.5) is 5.69 Å². The van der Waals surface area contributed by atoms with Gasteiger partial charge in [0, 0.05) is 5.56 Å². The summed E-state index contributed by atoms with van der Waals surface area (Å²) >= 11 is 0. The fourth-order valence-corrected chi connectivity index (χ4v) is 3.13. The molecule has 0 saturated carbocycles. The van der Waals surface area contributed by atoms with Crippen molar-refractivity contribution in [2.24, 2.45) is 4.99 Å². The van der Waals surface area contributed by atoms with E-state index in [9.17, 15) is 14.7 Å². The Morgan fingerprint density at radius 2 is 1.63 bits per heavy atom. The topological polar surface area (TPSA) is 79.2 Å². The number of hydrogen-bond donors (Lipinski definition) is 1. The molecule has 1 heterocycles. The number of aromatic hydroxyl groups is 1. The Morgan fingerprint density at radius 3 is 2.27 bits per heavy atom. The number of carbonyl (C=O) groups excluding carboxylic acids is 2. The lowest BCUT2D eigenvalue weighted by molar-refractivity contribution is -0.113. The smallest absolute Gasteiger partial charge is 0.337 e. The molecule has 0 bridgehead atoms. The standard InChI is InChI=1S/C24H18N2O4/c1-30-24(29)18-9-7-16(8-10-18)15-21-23(28)26(19-11-13-20(27)14-12-19)22(25-21)17-5-3-2-4-6-17/h2-15,27H,1H3/b21-15+. The maximum absolute atomic E-state index is 13.2. The number of aliphatic imine (C=N–C) groups is 1. The average Bonchev–Trinajstić information content (AvgIpc) is 3.11. The molecule has 148 valence electrons. The highest BCUT2D eigenvalue weighted by Gasteiger charge is 2.32. The molecule has 30 heavy (non-hydrogen) atoms. The van der Waals surface area contributed by atoms with Gasteiger partial charge in [-0.05, 0) is 48.0 Å². The Morgan fingerprint density at radius 1 is 0.967 bits per heavy atom. The minimum absolute atomic E-state index is 0.116. The highest BCUT2D eigenvalue weighted by Crippen LogP contribution is 2.29. The number of nitrogens with zero attached hydrogens (tertiary/aromatic N) is 2. The van der Waals surface area contributed by atoms with Crippen LogP contribution in [0.1, 0.15) is 21.5 Å². The first-order valence-electron chi connectivity index (χ1n) is 9.24. The summed E-state index contributed by atoms with van der Waals surface area (Å²) in [5.74, 6) is -0.0839. The summed E-state index contributed by atoms with van der Waals surface area (Å²) in [5.41, 5.74) is 2.83. The molecule has 1 amide bonds. The summed E-state index contributed by atoms with van der Waals surface area (Å²) in [6, 6.07) is 22.5. The number of esters is 1. The minimum atomic E-state index is -0.422. The number of ether oxygens (including phenoxy) is 1. The highest BCUT2D eigenvalue weighted by atomic mass is 16.5. The lowest BCUT2D eigenvalue weighted by Crippen LogP contribution is -2.32. The van der Waals surface area contributed by atoms with Crippen LogP contribution in [0.3, 0.4) is 0 Å². The molecule has 0 aromatic heterocycles. The van der Waals surface area contributed by atoms with Crippen molar-refractivity contribution < 1.29 is 19.4 Å². The monoisotopic (exact) mass is 398 g/mol. The molecule has 3 aromatic rings. The second-order valence-electron chi connectivity index (χ2n) is 6.60. The number of hydrogen-bond acceptors (Lipinski definition) is 5. The summed E-state index contributed by atoms with van der Waals surface area (Å²) in [5, 5.41) is 9.60. The van der Waals surface area contributed by atoms with Crippen molar-refractivity contribution >= 4 is 29.5 Å². The second-order valence-corrected chi connectivity index (χ2v) is 6.60. The lowest BCUT2D eigenvalue weighted by atomic mass is 10.1. The van der Waals surface area contributed by atoms with Crippen molar-refractivity contribution in [3.8, 4) is 5.75 Å². The second kappa shape index (κ2) is 8.05.